The molecule has 0 saturated heterocycles. The zero-order chi connectivity index (χ0) is 12.8. The Morgan fingerprint density at radius 2 is 1.88 bits per heavy atom. The highest BCUT2D eigenvalue weighted by molar-refractivity contribution is 5.87. The fraction of sp³-hybridized carbons (Fsp3) is 0.273. The molecule has 0 radical (unpaired) electrons. The maximum absolute atomic E-state index is 11.5. The third kappa shape index (κ3) is 3.54. The molecule has 92 valence electrons. The molecule has 0 aliphatic heterocycles. The summed E-state index contributed by atoms with van der Waals surface area (Å²) in [6, 6.07) is 6.37. The highest BCUT2D eigenvalue weighted by atomic mass is 16.4. The van der Waals surface area contributed by atoms with Crippen molar-refractivity contribution < 1.29 is 14.7 Å². The highest BCUT2D eigenvalue weighted by Gasteiger charge is 2.23. The Labute approximate surface area is 98.6 Å². The smallest absolute Gasteiger partial charge is 0.330 e. The predicted molar refractivity (Wildman–Crippen MR) is 62.0 cm³/mol. The second-order valence-electron chi connectivity index (χ2n) is 3.53. The minimum atomic E-state index is -1.14. The van der Waals surface area contributed by atoms with Gasteiger partial charge in [-0.25, -0.2) is 4.79 Å². The highest BCUT2D eigenvalue weighted by Crippen LogP contribution is 2.12. The fourth-order valence-corrected chi connectivity index (χ4v) is 1.29. The molecule has 0 aliphatic rings. The first kappa shape index (κ1) is 13.1. The van der Waals surface area contributed by atoms with E-state index in [1.807, 2.05) is 0 Å². The number of nitrogens with two attached hydrogens (primary N) is 2. The van der Waals surface area contributed by atoms with E-state index < -0.39 is 24.0 Å². The SMILES string of the molecule is NC[C@@H](N)C(=O)N[C@@H](C(=O)O)c1ccccc1. The molecule has 0 heterocycles. The normalized spacial score (nSPS) is 13.8. The molecule has 6 heteroatoms. The molecule has 0 fully saturated rings. The van der Waals surface area contributed by atoms with E-state index in [4.69, 9.17) is 16.6 Å². The molecule has 0 spiro atoms. The van der Waals surface area contributed by atoms with Gasteiger partial charge in [-0.2, -0.15) is 0 Å². The van der Waals surface area contributed by atoms with Gasteiger partial charge in [0.15, 0.2) is 6.04 Å². The lowest BCUT2D eigenvalue weighted by molar-refractivity contribution is -0.142. The van der Waals surface area contributed by atoms with Crippen molar-refractivity contribution in [3.8, 4) is 0 Å². The van der Waals surface area contributed by atoms with Crippen LogP contribution < -0.4 is 16.8 Å². The summed E-state index contributed by atoms with van der Waals surface area (Å²) in [5.74, 6) is -1.72. The van der Waals surface area contributed by atoms with E-state index in [0.29, 0.717) is 5.56 Å². The molecular formula is C11H15N3O3. The van der Waals surface area contributed by atoms with Crippen molar-refractivity contribution in [2.45, 2.75) is 12.1 Å². The number of nitrogens with one attached hydrogen (secondary N) is 1. The molecule has 1 rings (SSSR count). The van der Waals surface area contributed by atoms with Crippen molar-refractivity contribution in [3.05, 3.63) is 35.9 Å². The minimum absolute atomic E-state index is 0.0348. The molecular weight excluding hydrogens is 222 g/mol. The summed E-state index contributed by atoms with van der Waals surface area (Å²) >= 11 is 0. The van der Waals surface area contributed by atoms with Gasteiger partial charge < -0.3 is 21.9 Å². The third-order valence-corrected chi connectivity index (χ3v) is 2.26. The molecule has 0 aliphatic carbocycles. The van der Waals surface area contributed by atoms with E-state index in [2.05, 4.69) is 5.32 Å². The molecule has 6 nitrogen and oxygen atoms in total. The van der Waals surface area contributed by atoms with Crippen molar-refractivity contribution in [1.29, 1.82) is 0 Å². The van der Waals surface area contributed by atoms with Gasteiger partial charge in [0.05, 0.1) is 6.04 Å². The van der Waals surface area contributed by atoms with Crippen LogP contribution in [0.25, 0.3) is 0 Å². The summed E-state index contributed by atoms with van der Waals surface area (Å²) in [5.41, 5.74) is 11.1. The Hall–Kier alpha value is -1.92. The van der Waals surface area contributed by atoms with E-state index in [1.165, 1.54) is 0 Å². The van der Waals surface area contributed by atoms with Gasteiger partial charge in [0, 0.05) is 6.54 Å². The number of rotatable bonds is 5. The molecule has 0 bridgehead atoms. The standard InChI is InChI=1S/C11H15N3O3/c12-6-8(13)10(15)14-9(11(16)17)7-4-2-1-3-5-7/h1-5,8-9H,6,12-13H2,(H,14,15)(H,16,17)/t8-,9-/m1/s1. The Morgan fingerprint density at radius 1 is 1.29 bits per heavy atom. The Kier molecular flexibility index (Phi) is 4.62. The number of carboxylic acids is 1. The van der Waals surface area contributed by atoms with Gasteiger partial charge in [0.25, 0.3) is 0 Å². The number of benzene rings is 1. The molecule has 0 unspecified atom stereocenters. The van der Waals surface area contributed by atoms with Crippen LogP contribution in [0.3, 0.4) is 0 Å². The Balaban J connectivity index is 2.82. The van der Waals surface area contributed by atoms with Crippen LogP contribution in [0.2, 0.25) is 0 Å². The first-order valence-electron chi connectivity index (χ1n) is 5.10. The summed E-state index contributed by atoms with van der Waals surface area (Å²) in [6.45, 7) is -0.0348. The number of hydrogen-bond donors (Lipinski definition) is 4. The topological polar surface area (TPSA) is 118 Å². The number of carbonyl (C=O) groups excluding carboxylic acids is 1. The zero-order valence-electron chi connectivity index (χ0n) is 9.17. The van der Waals surface area contributed by atoms with Gasteiger partial charge in [-0.05, 0) is 5.56 Å². The van der Waals surface area contributed by atoms with Crippen LogP contribution in [-0.4, -0.2) is 29.6 Å². The first-order chi connectivity index (χ1) is 8.06. The van der Waals surface area contributed by atoms with Gasteiger partial charge in [-0.3, -0.25) is 4.79 Å². The van der Waals surface area contributed by atoms with Gasteiger partial charge in [0.2, 0.25) is 5.91 Å². The molecule has 0 saturated carbocycles. The Morgan fingerprint density at radius 3 is 2.35 bits per heavy atom. The lowest BCUT2D eigenvalue weighted by Gasteiger charge is -2.17. The van der Waals surface area contributed by atoms with Gasteiger partial charge in [-0.15, -0.1) is 0 Å². The van der Waals surface area contributed by atoms with E-state index in [-0.39, 0.29) is 6.54 Å². The molecule has 0 aromatic heterocycles. The van der Waals surface area contributed by atoms with Crippen LogP contribution in [0.5, 0.6) is 0 Å². The average Bonchev–Trinajstić information content (AvgIpc) is 2.35. The van der Waals surface area contributed by atoms with Crippen molar-refractivity contribution >= 4 is 11.9 Å². The summed E-state index contributed by atoms with van der Waals surface area (Å²) in [5, 5.41) is 11.4. The maximum atomic E-state index is 11.5. The summed E-state index contributed by atoms with van der Waals surface area (Å²) in [6.07, 6.45) is 0. The lowest BCUT2D eigenvalue weighted by Crippen LogP contribution is -2.47. The van der Waals surface area contributed by atoms with Crippen molar-refractivity contribution in [1.82, 2.24) is 5.32 Å². The number of amides is 1. The van der Waals surface area contributed by atoms with E-state index >= 15 is 0 Å². The summed E-state index contributed by atoms with van der Waals surface area (Å²) < 4.78 is 0. The van der Waals surface area contributed by atoms with Crippen molar-refractivity contribution in [2.75, 3.05) is 6.54 Å². The minimum Gasteiger partial charge on any atom is -0.479 e. The van der Waals surface area contributed by atoms with Crippen LogP contribution in [0.15, 0.2) is 30.3 Å². The van der Waals surface area contributed by atoms with Crippen LogP contribution in [0, 0.1) is 0 Å². The molecule has 1 aromatic carbocycles. The van der Waals surface area contributed by atoms with Crippen molar-refractivity contribution in [2.24, 2.45) is 11.5 Å². The second-order valence-corrected chi connectivity index (χ2v) is 3.53. The summed E-state index contributed by atoms with van der Waals surface area (Å²) in [7, 11) is 0. The zero-order valence-corrected chi connectivity index (χ0v) is 9.17. The van der Waals surface area contributed by atoms with Gasteiger partial charge in [-0.1, -0.05) is 30.3 Å². The molecule has 1 aromatic rings. The second kappa shape index (κ2) is 5.97. The number of carboxylic acid groups (broad SMARTS) is 1. The maximum Gasteiger partial charge on any atom is 0.330 e. The quantitative estimate of drug-likeness (QED) is 0.535. The number of carbonyl (C=O) groups is 2. The van der Waals surface area contributed by atoms with E-state index in [1.54, 1.807) is 30.3 Å². The van der Waals surface area contributed by atoms with Gasteiger partial charge >= 0.3 is 5.97 Å². The molecule has 1 amide bonds. The van der Waals surface area contributed by atoms with E-state index in [0.717, 1.165) is 0 Å². The fourth-order valence-electron chi connectivity index (χ4n) is 1.29. The summed E-state index contributed by atoms with van der Waals surface area (Å²) in [4.78, 5) is 22.5. The van der Waals surface area contributed by atoms with Gasteiger partial charge in [0.1, 0.15) is 0 Å². The molecule has 2 atom stereocenters. The first-order valence-corrected chi connectivity index (χ1v) is 5.10. The van der Waals surface area contributed by atoms with Crippen LogP contribution in [0.1, 0.15) is 11.6 Å². The largest absolute Gasteiger partial charge is 0.479 e. The number of hydrogen-bond acceptors (Lipinski definition) is 4. The molecule has 6 N–H and O–H groups in total. The lowest BCUT2D eigenvalue weighted by atomic mass is 10.1. The molecule has 17 heavy (non-hydrogen) atoms. The van der Waals surface area contributed by atoms with Crippen LogP contribution >= 0.6 is 0 Å². The van der Waals surface area contributed by atoms with Crippen LogP contribution in [0.4, 0.5) is 0 Å². The third-order valence-electron chi connectivity index (χ3n) is 2.26. The Bertz CT molecular complexity index is 394. The van der Waals surface area contributed by atoms with E-state index in [9.17, 15) is 9.59 Å². The number of aliphatic carboxylic acids is 1. The van der Waals surface area contributed by atoms with Crippen LogP contribution in [-0.2, 0) is 9.59 Å². The predicted octanol–water partition coefficient (Wildman–Crippen LogP) is -0.785. The monoisotopic (exact) mass is 237 g/mol. The van der Waals surface area contributed by atoms with Crippen molar-refractivity contribution in [3.63, 3.8) is 0 Å². The average molecular weight is 237 g/mol.